The fourth-order valence-corrected chi connectivity index (χ4v) is 2.02. The number of ketones is 1. The maximum Gasteiger partial charge on any atom is 0.169 e. The van der Waals surface area contributed by atoms with Gasteiger partial charge in [-0.25, -0.2) is 4.39 Å². The molecule has 0 radical (unpaired) electrons. The van der Waals surface area contributed by atoms with Crippen LogP contribution >= 0.6 is 0 Å². The Morgan fingerprint density at radius 1 is 1.37 bits per heavy atom. The lowest BCUT2D eigenvalue weighted by Gasteiger charge is -2.14. The van der Waals surface area contributed by atoms with Crippen LogP contribution < -0.4 is 10.5 Å². The second-order valence-corrected chi connectivity index (χ2v) is 5.02. The third kappa shape index (κ3) is 4.63. The van der Waals surface area contributed by atoms with Crippen molar-refractivity contribution in [3.63, 3.8) is 0 Å². The summed E-state index contributed by atoms with van der Waals surface area (Å²) in [4.78, 5) is 12.3. The van der Waals surface area contributed by atoms with Gasteiger partial charge >= 0.3 is 0 Å². The predicted molar refractivity (Wildman–Crippen MR) is 73.9 cm³/mol. The van der Waals surface area contributed by atoms with Gasteiger partial charge in [0, 0.05) is 12.0 Å². The Balaban J connectivity index is 2.73. The van der Waals surface area contributed by atoms with Crippen molar-refractivity contribution in [3.8, 4) is 5.75 Å². The van der Waals surface area contributed by atoms with Crippen LogP contribution in [-0.4, -0.2) is 18.9 Å². The number of halogens is 1. The van der Waals surface area contributed by atoms with Gasteiger partial charge in [0.05, 0.1) is 12.7 Å². The fraction of sp³-hybridized carbons (Fsp3) is 0.533. The molecule has 0 aliphatic carbocycles. The smallest absolute Gasteiger partial charge is 0.169 e. The molecule has 0 bridgehead atoms. The molecule has 2 atom stereocenters. The highest BCUT2D eigenvalue weighted by molar-refractivity contribution is 6.00. The van der Waals surface area contributed by atoms with Crippen molar-refractivity contribution in [2.45, 2.75) is 39.2 Å². The number of rotatable bonds is 7. The summed E-state index contributed by atoms with van der Waals surface area (Å²) in [6.45, 7) is 3.80. The van der Waals surface area contributed by atoms with Gasteiger partial charge in [0.1, 0.15) is 11.6 Å². The van der Waals surface area contributed by atoms with Crippen molar-refractivity contribution >= 4 is 5.78 Å². The molecular formula is C15H22FNO2. The van der Waals surface area contributed by atoms with E-state index in [4.69, 9.17) is 10.5 Å². The Hall–Kier alpha value is -1.42. The predicted octanol–water partition coefficient (Wildman–Crippen LogP) is 3.17. The maximum absolute atomic E-state index is 13.2. The molecule has 2 unspecified atom stereocenters. The van der Waals surface area contributed by atoms with Gasteiger partial charge in [0.2, 0.25) is 0 Å². The van der Waals surface area contributed by atoms with Crippen LogP contribution in [0.3, 0.4) is 0 Å². The van der Waals surface area contributed by atoms with E-state index in [1.807, 2.05) is 13.8 Å². The quantitative estimate of drug-likeness (QED) is 0.772. The van der Waals surface area contributed by atoms with Crippen LogP contribution in [-0.2, 0) is 0 Å². The zero-order valence-corrected chi connectivity index (χ0v) is 11.8. The molecule has 3 nitrogen and oxygen atoms in total. The summed E-state index contributed by atoms with van der Waals surface area (Å²) in [5.74, 6) is -0.243. The van der Waals surface area contributed by atoms with Crippen molar-refractivity contribution in [2.75, 3.05) is 7.11 Å². The molecule has 0 spiro atoms. The number of nitrogens with two attached hydrogens (primary N) is 1. The summed E-state index contributed by atoms with van der Waals surface area (Å²) in [6, 6.07) is 4.16. The zero-order chi connectivity index (χ0) is 14.4. The second kappa shape index (κ2) is 7.24. The lowest BCUT2D eigenvalue weighted by molar-refractivity contribution is 0.0918. The molecule has 0 saturated carbocycles. The third-order valence-electron chi connectivity index (χ3n) is 3.17. The van der Waals surface area contributed by atoms with Crippen molar-refractivity contribution in [2.24, 2.45) is 11.7 Å². The molecule has 0 aliphatic rings. The summed E-state index contributed by atoms with van der Waals surface area (Å²) in [6.07, 6.45) is 2.53. The van der Waals surface area contributed by atoms with E-state index in [0.717, 1.165) is 19.3 Å². The van der Waals surface area contributed by atoms with Gasteiger partial charge < -0.3 is 10.5 Å². The van der Waals surface area contributed by atoms with E-state index in [-0.39, 0.29) is 17.7 Å². The molecule has 0 saturated heterocycles. The molecule has 106 valence electrons. The molecule has 0 fully saturated rings. The van der Waals surface area contributed by atoms with Gasteiger partial charge in [0.25, 0.3) is 0 Å². The average Bonchev–Trinajstić information content (AvgIpc) is 2.37. The van der Waals surface area contributed by atoms with E-state index in [1.54, 1.807) is 0 Å². The van der Waals surface area contributed by atoms with Gasteiger partial charge in [0.15, 0.2) is 5.78 Å². The van der Waals surface area contributed by atoms with E-state index >= 15 is 0 Å². The first kappa shape index (κ1) is 15.6. The minimum Gasteiger partial charge on any atom is -0.496 e. The molecule has 1 aromatic rings. The maximum atomic E-state index is 13.2. The molecule has 0 amide bonds. The van der Waals surface area contributed by atoms with E-state index in [9.17, 15) is 9.18 Å². The SMILES string of the molecule is COc1ccc(F)cc1C(=O)C(C)CCCC(C)N. The van der Waals surface area contributed by atoms with Crippen LogP contribution in [0.2, 0.25) is 0 Å². The molecule has 19 heavy (non-hydrogen) atoms. The zero-order valence-electron chi connectivity index (χ0n) is 11.8. The van der Waals surface area contributed by atoms with E-state index in [0.29, 0.717) is 11.3 Å². The van der Waals surface area contributed by atoms with Crippen LogP contribution in [0.15, 0.2) is 18.2 Å². The summed E-state index contributed by atoms with van der Waals surface area (Å²) >= 11 is 0. The normalized spacial score (nSPS) is 13.9. The van der Waals surface area contributed by atoms with Crippen molar-refractivity contribution < 1.29 is 13.9 Å². The lowest BCUT2D eigenvalue weighted by atomic mass is 9.93. The highest BCUT2D eigenvalue weighted by atomic mass is 19.1. The number of hydrogen-bond donors (Lipinski definition) is 1. The highest BCUT2D eigenvalue weighted by Crippen LogP contribution is 2.24. The molecule has 4 heteroatoms. The van der Waals surface area contributed by atoms with Crippen molar-refractivity contribution in [3.05, 3.63) is 29.6 Å². The molecule has 0 aromatic heterocycles. The number of ether oxygens (including phenoxy) is 1. The minimum absolute atomic E-state index is 0.0824. The molecule has 1 rings (SSSR count). The van der Waals surface area contributed by atoms with Gasteiger partial charge in [-0.1, -0.05) is 13.3 Å². The summed E-state index contributed by atoms with van der Waals surface area (Å²) in [5.41, 5.74) is 5.99. The Labute approximate surface area is 113 Å². The summed E-state index contributed by atoms with van der Waals surface area (Å²) < 4.78 is 18.3. The number of benzene rings is 1. The molecule has 0 heterocycles. The first-order valence-electron chi connectivity index (χ1n) is 6.59. The lowest BCUT2D eigenvalue weighted by Crippen LogP contribution is -2.17. The number of carbonyl (C=O) groups is 1. The topological polar surface area (TPSA) is 52.3 Å². The fourth-order valence-electron chi connectivity index (χ4n) is 2.02. The summed E-state index contributed by atoms with van der Waals surface area (Å²) in [5, 5.41) is 0. The van der Waals surface area contributed by atoms with Crippen LogP contribution in [0.25, 0.3) is 0 Å². The molecule has 2 N–H and O–H groups in total. The van der Waals surface area contributed by atoms with Crippen LogP contribution in [0, 0.1) is 11.7 Å². The Bertz CT molecular complexity index is 432. The van der Waals surface area contributed by atoms with E-state index in [2.05, 4.69) is 0 Å². The monoisotopic (exact) mass is 267 g/mol. The highest BCUT2D eigenvalue weighted by Gasteiger charge is 2.19. The number of Topliss-reactive ketones (excluding diaryl/α,β-unsaturated/α-hetero) is 1. The Morgan fingerprint density at radius 3 is 2.63 bits per heavy atom. The van der Waals surface area contributed by atoms with Crippen LogP contribution in [0.5, 0.6) is 5.75 Å². The second-order valence-electron chi connectivity index (χ2n) is 5.02. The van der Waals surface area contributed by atoms with E-state index in [1.165, 1.54) is 25.3 Å². The Kier molecular flexibility index (Phi) is 5.96. The van der Waals surface area contributed by atoms with Crippen molar-refractivity contribution in [1.29, 1.82) is 0 Å². The third-order valence-corrected chi connectivity index (χ3v) is 3.17. The first-order valence-corrected chi connectivity index (χ1v) is 6.59. The molecule has 0 aliphatic heterocycles. The number of methoxy groups -OCH3 is 1. The van der Waals surface area contributed by atoms with Crippen molar-refractivity contribution in [1.82, 2.24) is 0 Å². The minimum atomic E-state index is -0.424. The van der Waals surface area contributed by atoms with Crippen LogP contribution in [0.4, 0.5) is 4.39 Å². The average molecular weight is 267 g/mol. The van der Waals surface area contributed by atoms with Gasteiger partial charge in [-0.15, -0.1) is 0 Å². The van der Waals surface area contributed by atoms with Gasteiger partial charge in [-0.3, -0.25) is 4.79 Å². The number of hydrogen-bond acceptors (Lipinski definition) is 3. The van der Waals surface area contributed by atoms with E-state index < -0.39 is 5.82 Å². The Morgan fingerprint density at radius 2 is 2.05 bits per heavy atom. The number of carbonyl (C=O) groups excluding carboxylic acids is 1. The van der Waals surface area contributed by atoms with Crippen LogP contribution in [0.1, 0.15) is 43.5 Å². The standard InChI is InChI=1S/C15H22FNO2/c1-10(5-4-6-11(2)17)15(18)13-9-12(16)7-8-14(13)19-3/h7-11H,4-6,17H2,1-3H3. The largest absolute Gasteiger partial charge is 0.496 e. The van der Waals surface area contributed by atoms with Gasteiger partial charge in [-0.05, 0) is 38.0 Å². The molecule has 1 aromatic carbocycles. The first-order chi connectivity index (χ1) is 8.95. The van der Waals surface area contributed by atoms with Gasteiger partial charge in [-0.2, -0.15) is 0 Å². The molecular weight excluding hydrogens is 245 g/mol. The summed E-state index contributed by atoms with van der Waals surface area (Å²) in [7, 11) is 1.48.